The Morgan fingerprint density at radius 1 is 1.21 bits per heavy atom. The predicted octanol–water partition coefficient (Wildman–Crippen LogP) is 5.13. The fourth-order valence-corrected chi connectivity index (χ4v) is 3.64. The van der Waals surface area contributed by atoms with Crippen molar-refractivity contribution in [1.82, 2.24) is 0 Å². The second-order valence-electron chi connectivity index (χ2n) is 4.18. The number of nitrogens with two attached hydrogens (primary N) is 1. The Kier molecular flexibility index (Phi) is 5.45. The second-order valence-corrected chi connectivity index (χ2v) is 7.53. The lowest BCUT2D eigenvalue weighted by atomic mass is 10.1. The molecule has 2 unspecified atom stereocenters. The summed E-state index contributed by atoms with van der Waals surface area (Å²) in [5, 5.41) is 0. The molecule has 2 aromatic rings. The minimum atomic E-state index is -0.125. The van der Waals surface area contributed by atoms with Crippen LogP contribution in [0, 0.1) is 0 Å². The van der Waals surface area contributed by atoms with Gasteiger partial charge in [-0.2, -0.15) is 0 Å². The van der Waals surface area contributed by atoms with Gasteiger partial charge in [-0.05, 0) is 62.5 Å². The molecule has 0 fully saturated rings. The summed E-state index contributed by atoms with van der Waals surface area (Å²) in [6.45, 7) is 2.07. The highest BCUT2D eigenvalue weighted by molar-refractivity contribution is 9.11. The molecule has 1 aromatic heterocycles. The molecule has 2 N–H and O–H groups in total. The average Bonchev–Trinajstić information content (AvgIpc) is 2.83. The molecular weight excluding hydrogens is 390 g/mol. The summed E-state index contributed by atoms with van der Waals surface area (Å²) in [6.07, 6.45) is 0.741. The standard InChI is InChI=1S/C14H15Br2NOS/c1-2-10(17)14(12-7-8-13(16)19-12)18-11-6-4-3-5-9(11)15/h3-8,10,14H,2,17H2,1H3. The molecule has 0 aliphatic carbocycles. The van der Waals surface area contributed by atoms with Crippen molar-refractivity contribution in [3.8, 4) is 5.75 Å². The molecule has 0 saturated carbocycles. The molecule has 0 saturated heterocycles. The summed E-state index contributed by atoms with van der Waals surface area (Å²) >= 11 is 8.65. The van der Waals surface area contributed by atoms with Crippen molar-refractivity contribution >= 4 is 43.2 Å². The van der Waals surface area contributed by atoms with Crippen LogP contribution in [0.5, 0.6) is 5.75 Å². The van der Waals surface area contributed by atoms with Gasteiger partial charge in [0.2, 0.25) is 0 Å². The van der Waals surface area contributed by atoms with E-state index < -0.39 is 0 Å². The lowest BCUT2D eigenvalue weighted by molar-refractivity contribution is 0.173. The van der Waals surface area contributed by atoms with E-state index in [9.17, 15) is 0 Å². The monoisotopic (exact) mass is 403 g/mol. The van der Waals surface area contributed by atoms with Crippen LogP contribution in [0.3, 0.4) is 0 Å². The summed E-state index contributed by atoms with van der Waals surface area (Å²) in [5.41, 5.74) is 6.21. The number of hydrogen-bond donors (Lipinski definition) is 1. The summed E-state index contributed by atoms with van der Waals surface area (Å²) in [5.74, 6) is 0.820. The topological polar surface area (TPSA) is 35.2 Å². The normalized spacial score (nSPS) is 14.1. The van der Waals surface area contributed by atoms with E-state index in [1.165, 1.54) is 0 Å². The molecule has 0 bridgehead atoms. The molecule has 0 aliphatic rings. The minimum absolute atomic E-state index is 0.0299. The van der Waals surface area contributed by atoms with Gasteiger partial charge < -0.3 is 10.5 Å². The van der Waals surface area contributed by atoms with Crippen molar-refractivity contribution in [2.24, 2.45) is 5.73 Å². The largest absolute Gasteiger partial charge is 0.482 e. The van der Waals surface area contributed by atoms with Crippen LogP contribution >= 0.6 is 43.2 Å². The van der Waals surface area contributed by atoms with Gasteiger partial charge in [0.25, 0.3) is 0 Å². The zero-order valence-corrected chi connectivity index (χ0v) is 14.5. The molecule has 2 nitrogen and oxygen atoms in total. The van der Waals surface area contributed by atoms with Crippen molar-refractivity contribution in [3.63, 3.8) is 0 Å². The van der Waals surface area contributed by atoms with Gasteiger partial charge in [-0.15, -0.1) is 11.3 Å². The van der Waals surface area contributed by atoms with Crippen LogP contribution in [0.1, 0.15) is 24.3 Å². The Bertz CT molecular complexity index is 544. The van der Waals surface area contributed by atoms with E-state index in [1.807, 2.05) is 30.3 Å². The van der Waals surface area contributed by atoms with Gasteiger partial charge in [0, 0.05) is 10.9 Å². The Hall–Kier alpha value is -0.360. The highest BCUT2D eigenvalue weighted by atomic mass is 79.9. The molecule has 1 aromatic carbocycles. The third kappa shape index (κ3) is 3.81. The smallest absolute Gasteiger partial charge is 0.148 e. The maximum atomic E-state index is 6.21. The van der Waals surface area contributed by atoms with Crippen LogP contribution in [0.15, 0.2) is 44.7 Å². The van der Waals surface area contributed by atoms with Gasteiger partial charge in [-0.1, -0.05) is 19.1 Å². The van der Waals surface area contributed by atoms with E-state index in [0.29, 0.717) is 0 Å². The number of ether oxygens (including phenoxy) is 1. The third-order valence-corrected chi connectivity index (χ3v) is 5.17. The molecular formula is C14H15Br2NOS. The maximum Gasteiger partial charge on any atom is 0.148 e. The number of halogens is 2. The van der Waals surface area contributed by atoms with Gasteiger partial charge in [0.1, 0.15) is 11.9 Å². The van der Waals surface area contributed by atoms with Crippen LogP contribution in [-0.4, -0.2) is 6.04 Å². The molecule has 2 atom stereocenters. The summed E-state index contributed by atoms with van der Waals surface area (Å²) in [6, 6.07) is 11.9. The Morgan fingerprint density at radius 2 is 1.95 bits per heavy atom. The fraction of sp³-hybridized carbons (Fsp3) is 0.286. The summed E-state index contributed by atoms with van der Waals surface area (Å²) in [4.78, 5) is 1.14. The third-order valence-electron chi connectivity index (χ3n) is 2.83. The number of benzene rings is 1. The number of thiophene rings is 1. The first-order chi connectivity index (χ1) is 9.11. The van der Waals surface area contributed by atoms with E-state index in [0.717, 1.165) is 25.3 Å². The Labute approximate surface area is 134 Å². The number of rotatable bonds is 5. The van der Waals surface area contributed by atoms with Gasteiger partial charge >= 0.3 is 0 Å². The van der Waals surface area contributed by atoms with Crippen LogP contribution in [-0.2, 0) is 0 Å². The molecule has 0 aliphatic heterocycles. The van der Waals surface area contributed by atoms with Gasteiger partial charge in [0.05, 0.1) is 8.26 Å². The highest BCUT2D eigenvalue weighted by Crippen LogP contribution is 2.35. The maximum absolute atomic E-state index is 6.21. The fourth-order valence-electron chi connectivity index (χ4n) is 1.73. The zero-order valence-electron chi connectivity index (χ0n) is 10.5. The lowest BCUT2D eigenvalue weighted by Crippen LogP contribution is -2.31. The van der Waals surface area contributed by atoms with Crippen molar-refractivity contribution < 1.29 is 4.74 Å². The van der Waals surface area contributed by atoms with E-state index in [2.05, 4.69) is 44.8 Å². The number of hydrogen-bond acceptors (Lipinski definition) is 3. The second kappa shape index (κ2) is 6.88. The lowest BCUT2D eigenvalue weighted by Gasteiger charge is -2.23. The Balaban J connectivity index is 2.27. The van der Waals surface area contributed by atoms with Gasteiger partial charge in [-0.3, -0.25) is 0 Å². The van der Waals surface area contributed by atoms with Crippen LogP contribution in [0.2, 0.25) is 0 Å². The van der Waals surface area contributed by atoms with Crippen molar-refractivity contribution in [2.75, 3.05) is 0 Å². The molecule has 102 valence electrons. The first kappa shape index (κ1) is 15.0. The first-order valence-corrected chi connectivity index (χ1v) is 8.44. The molecule has 2 rings (SSSR count). The molecule has 1 heterocycles. The average molecular weight is 405 g/mol. The minimum Gasteiger partial charge on any atom is -0.482 e. The molecule has 5 heteroatoms. The van der Waals surface area contributed by atoms with Crippen LogP contribution < -0.4 is 10.5 Å². The molecule has 0 amide bonds. The van der Waals surface area contributed by atoms with E-state index >= 15 is 0 Å². The van der Waals surface area contributed by atoms with Gasteiger partial charge in [-0.25, -0.2) is 0 Å². The van der Waals surface area contributed by atoms with E-state index in [1.54, 1.807) is 11.3 Å². The molecule has 0 radical (unpaired) electrons. The molecule has 0 spiro atoms. The zero-order chi connectivity index (χ0) is 13.8. The summed E-state index contributed by atoms with van der Waals surface area (Å²) < 4.78 is 8.15. The Morgan fingerprint density at radius 3 is 2.53 bits per heavy atom. The van der Waals surface area contributed by atoms with Crippen molar-refractivity contribution in [3.05, 3.63) is 49.5 Å². The first-order valence-electron chi connectivity index (χ1n) is 6.03. The predicted molar refractivity (Wildman–Crippen MR) is 87.8 cm³/mol. The van der Waals surface area contributed by atoms with Crippen molar-refractivity contribution in [2.45, 2.75) is 25.5 Å². The van der Waals surface area contributed by atoms with Gasteiger partial charge in [0.15, 0.2) is 0 Å². The quantitative estimate of drug-likeness (QED) is 0.749. The van der Waals surface area contributed by atoms with Crippen LogP contribution in [0.25, 0.3) is 0 Å². The SMILES string of the molecule is CCC(N)C(Oc1ccccc1Br)c1ccc(Br)s1. The van der Waals surface area contributed by atoms with Crippen molar-refractivity contribution in [1.29, 1.82) is 0 Å². The highest BCUT2D eigenvalue weighted by Gasteiger charge is 2.23. The van der Waals surface area contributed by atoms with E-state index in [-0.39, 0.29) is 12.1 Å². The van der Waals surface area contributed by atoms with Crippen LogP contribution in [0.4, 0.5) is 0 Å². The molecule has 19 heavy (non-hydrogen) atoms. The van der Waals surface area contributed by atoms with E-state index in [4.69, 9.17) is 10.5 Å². The summed E-state index contributed by atoms with van der Waals surface area (Å²) in [7, 11) is 0. The number of para-hydroxylation sites is 1.